The molecule has 30 heavy (non-hydrogen) atoms. The fourth-order valence-corrected chi connectivity index (χ4v) is 8.07. The number of benzene rings is 2. The molecule has 154 valence electrons. The van der Waals surface area contributed by atoms with Gasteiger partial charge < -0.3 is 5.32 Å². The number of para-hydroxylation sites is 1. The number of hydrogen-bond acceptors (Lipinski definition) is 3. The minimum Gasteiger partial charge on any atom is -0.326 e. The number of nitrogens with zero attached hydrogens (tertiary/aromatic N) is 1. The number of halogens is 1. The number of carbonyl (C=O) groups is 1. The largest absolute Gasteiger partial charge is 0.326 e. The number of anilines is 1. The van der Waals surface area contributed by atoms with Crippen molar-refractivity contribution in [2.24, 2.45) is 23.2 Å². The van der Waals surface area contributed by atoms with Crippen molar-refractivity contribution in [1.29, 1.82) is 0 Å². The minimum absolute atomic E-state index is 0.148. The van der Waals surface area contributed by atoms with Crippen molar-refractivity contribution in [3.05, 3.63) is 47.5 Å². The predicted octanol–water partition coefficient (Wildman–Crippen LogP) is 7.16. The lowest BCUT2D eigenvalue weighted by molar-refractivity contribution is -0.124. The molecule has 0 atom stereocenters. The Kier molecular flexibility index (Phi) is 4.43. The first-order valence-electron chi connectivity index (χ1n) is 11.0. The van der Waals surface area contributed by atoms with Gasteiger partial charge in [-0.3, -0.25) is 4.79 Å². The standard InChI is InChI=1S/C25H25ClN2OS/c26-20-6-5-18(10-19(20)24-28-21-3-1-2-4-22(21)30-24)27-23(29)14-25-11-15-7-16(12-25)9-17(8-15)13-25/h1-6,10,15-17H,7-9,11-14H2,(H,27,29). The van der Waals surface area contributed by atoms with Gasteiger partial charge in [-0.15, -0.1) is 11.3 Å². The number of nitrogens with one attached hydrogen (secondary N) is 1. The summed E-state index contributed by atoms with van der Waals surface area (Å²) in [7, 11) is 0. The summed E-state index contributed by atoms with van der Waals surface area (Å²) in [6, 6.07) is 13.8. The van der Waals surface area contributed by atoms with Crippen molar-refractivity contribution >= 4 is 44.7 Å². The minimum atomic E-state index is 0.148. The molecular formula is C25H25ClN2OS. The van der Waals surface area contributed by atoms with Gasteiger partial charge in [-0.2, -0.15) is 0 Å². The number of aromatic nitrogens is 1. The highest BCUT2D eigenvalue weighted by Gasteiger charge is 2.51. The topological polar surface area (TPSA) is 42.0 Å². The monoisotopic (exact) mass is 436 g/mol. The molecule has 4 bridgehead atoms. The van der Waals surface area contributed by atoms with Gasteiger partial charge >= 0.3 is 0 Å². The van der Waals surface area contributed by atoms with Crippen LogP contribution in [-0.4, -0.2) is 10.9 Å². The van der Waals surface area contributed by atoms with Crippen LogP contribution in [0.1, 0.15) is 44.9 Å². The number of carbonyl (C=O) groups excluding carboxylic acids is 1. The van der Waals surface area contributed by atoms with Gasteiger partial charge in [0.2, 0.25) is 5.91 Å². The zero-order chi connectivity index (χ0) is 20.3. The molecule has 1 N–H and O–H groups in total. The van der Waals surface area contributed by atoms with Crippen LogP contribution >= 0.6 is 22.9 Å². The van der Waals surface area contributed by atoms with Gasteiger partial charge in [-0.25, -0.2) is 4.98 Å². The SMILES string of the molecule is O=C(CC12CC3CC(CC(C3)C1)C2)Nc1ccc(Cl)c(-c2nc3ccccc3s2)c1. The lowest BCUT2D eigenvalue weighted by Crippen LogP contribution is -2.47. The van der Waals surface area contributed by atoms with E-state index in [1.54, 1.807) is 11.3 Å². The number of hydrogen-bond donors (Lipinski definition) is 1. The molecule has 4 aliphatic carbocycles. The first-order chi connectivity index (χ1) is 14.6. The van der Waals surface area contributed by atoms with E-state index >= 15 is 0 Å². The van der Waals surface area contributed by atoms with Gasteiger partial charge in [0.25, 0.3) is 0 Å². The summed E-state index contributed by atoms with van der Waals surface area (Å²) in [5, 5.41) is 4.72. The van der Waals surface area contributed by atoms with E-state index in [1.165, 1.54) is 38.5 Å². The Hall–Kier alpha value is -1.91. The van der Waals surface area contributed by atoms with E-state index < -0.39 is 0 Å². The fourth-order valence-electron chi connectivity index (χ4n) is 6.81. The summed E-state index contributed by atoms with van der Waals surface area (Å²) in [6.07, 6.45) is 8.64. The van der Waals surface area contributed by atoms with E-state index in [0.717, 1.165) is 44.2 Å². The maximum Gasteiger partial charge on any atom is 0.224 e. The zero-order valence-electron chi connectivity index (χ0n) is 16.9. The van der Waals surface area contributed by atoms with Crippen LogP contribution in [0.25, 0.3) is 20.8 Å². The van der Waals surface area contributed by atoms with Crippen LogP contribution in [0.3, 0.4) is 0 Å². The Labute approximate surface area is 185 Å². The highest BCUT2D eigenvalue weighted by Crippen LogP contribution is 2.61. The highest BCUT2D eigenvalue weighted by atomic mass is 35.5. The maximum absolute atomic E-state index is 13.0. The van der Waals surface area contributed by atoms with Crippen LogP contribution in [0.2, 0.25) is 5.02 Å². The summed E-state index contributed by atoms with van der Waals surface area (Å²) >= 11 is 8.12. The molecule has 3 aromatic rings. The molecule has 1 heterocycles. The predicted molar refractivity (Wildman–Crippen MR) is 124 cm³/mol. The molecule has 2 aromatic carbocycles. The van der Waals surface area contributed by atoms with Crippen LogP contribution in [-0.2, 0) is 4.79 Å². The molecule has 5 heteroatoms. The van der Waals surface area contributed by atoms with Gasteiger partial charge in [-0.1, -0.05) is 23.7 Å². The van der Waals surface area contributed by atoms with Crippen molar-refractivity contribution in [3.63, 3.8) is 0 Å². The molecule has 1 amide bonds. The quantitative estimate of drug-likeness (QED) is 0.471. The number of rotatable bonds is 4. The normalized spacial score (nSPS) is 29.4. The van der Waals surface area contributed by atoms with Gasteiger partial charge in [-0.05, 0) is 92.0 Å². The van der Waals surface area contributed by atoms with Crippen LogP contribution in [0.15, 0.2) is 42.5 Å². The average Bonchev–Trinajstić information content (AvgIpc) is 3.12. The molecule has 3 nitrogen and oxygen atoms in total. The third-order valence-corrected chi connectivity index (χ3v) is 8.87. The fraction of sp³-hybridized carbons (Fsp3) is 0.440. The molecule has 4 saturated carbocycles. The molecule has 4 aliphatic rings. The Morgan fingerprint density at radius 1 is 1.07 bits per heavy atom. The third kappa shape index (κ3) is 3.34. The second kappa shape index (κ2) is 7.06. The van der Waals surface area contributed by atoms with E-state index in [2.05, 4.69) is 11.4 Å². The molecule has 0 radical (unpaired) electrons. The number of amides is 1. The molecule has 0 aliphatic heterocycles. The second-order valence-electron chi connectivity index (χ2n) is 9.82. The molecule has 0 unspecified atom stereocenters. The lowest BCUT2D eigenvalue weighted by Gasteiger charge is -2.56. The Balaban J connectivity index is 1.22. The Morgan fingerprint density at radius 2 is 1.77 bits per heavy atom. The third-order valence-electron chi connectivity index (χ3n) is 7.48. The van der Waals surface area contributed by atoms with E-state index in [9.17, 15) is 4.79 Å². The van der Waals surface area contributed by atoms with E-state index in [-0.39, 0.29) is 11.3 Å². The van der Waals surface area contributed by atoms with E-state index in [0.29, 0.717) is 11.4 Å². The van der Waals surface area contributed by atoms with Crippen LogP contribution in [0.4, 0.5) is 5.69 Å². The van der Waals surface area contributed by atoms with Crippen molar-refractivity contribution in [2.75, 3.05) is 5.32 Å². The molecular weight excluding hydrogens is 412 g/mol. The summed E-state index contributed by atoms with van der Waals surface area (Å²) in [4.78, 5) is 17.7. The lowest BCUT2D eigenvalue weighted by atomic mass is 9.49. The average molecular weight is 437 g/mol. The van der Waals surface area contributed by atoms with Crippen LogP contribution < -0.4 is 5.32 Å². The van der Waals surface area contributed by atoms with Gasteiger partial charge in [0.1, 0.15) is 5.01 Å². The van der Waals surface area contributed by atoms with Crippen LogP contribution in [0, 0.1) is 23.2 Å². The maximum atomic E-state index is 13.0. The van der Waals surface area contributed by atoms with Gasteiger partial charge in [0.15, 0.2) is 0 Å². The first kappa shape index (κ1) is 18.8. The second-order valence-corrected chi connectivity index (χ2v) is 11.3. The van der Waals surface area contributed by atoms with E-state index in [1.807, 2.05) is 36.4 Å². The number of thiazole rings is 1. The molecule has 4 fully saturated rings. The molecule has 1 aromatic heterocycles. The Bertz CT molecular complexity index is 1070. The van der Waals surface area contributed by atoms with Crippen molar-refractivity contribution < 1.29 is 4.79 Å². The highest BCUT2D eigenvalue weighted by molar-refractivity contribution is 7.21. The first-order valence-corrected chi connectivity index (χ1v) is 12.2. The Morgan fingerprint density at radius 3 is 2.47 bits per heavy atom. The summed E-state index contributed by atoms with van der Waals surface area (Å²) in [5.41, 5.74) is 2.92. The smallest absolute Gasteiger partial charge is 0.224 e. The van der Waals surface area contributed by atoms with E-state index in [4.69, 9.17) is 16.6 Å². The van der Waals surface area contributed by atoms with Gasteiger partial charge in [0.05, 0.1) is 15.2 Å². The van der Waals surface area contributed by atoms with Crippen molar-refractivity contribution in [1.82, 2.24) is 4.98 Å². The summed E-state index contributed by atoms with van der Waals surface area (Å²) in [6.45, 7) is 0. The van der Waals surface area contributed by atoms with Crippen LogP contribution in [0.5, 0.6) is 0 Å². The molecule has 0 saturated heterocycles. The van der Waals surface area contributed by atoms with Crippen molar-refractivity contribution in [3.8, 4) is 10.6 Å². The number of fused-ring (bicyclic) bond motifs is 1. The summed E-state index contributed by atoms with van der Waals surface area (Å²) < 4.78 is 1.14. The zero-order valence-corrected chi connectivity index (χ0v) is 18.4. The summed E-state index contributed by atoms with van der Waals surface area (Å²) in [5.74, 6) is 2.75. The van der Waals surface area contributed by atoms with Crippen molar-refractivity contribution in [2.45, 2.75) is 44.9 Å². The molecule has 0 spiro atoms. The van der Waals surface area contributed by atoms with Gasteiger partial charge in [0, 0.05) is 17.7 Å². The molecule has 7 rings (SSSR count).